The van der Waals surface area contributed by atoms with Crippen molar-refractivity contribution in [3.05, 3.63) is 11.1 Å². The molecule has 1 aliphatic heterocycles. The van der Waals surface area contributed by atoms with Gasteiger partial charge in [-0.3, -0.25) is 9.69 Å². The van der Waals surface area contributed by atoms with E-state index in [1.54, 1.807) is 0 Å². The van der Waals surface area contributed by atoms with E-state index < -0.39 is 5.97 Å². The maximum Gasteiger partial charge on any atom is 0.307 e. The Kier molecular flexibility index (Phi) is 3.40. The summed E-state index contributed by atoms with van der Waals surface area (Å²) < 4.78 is 0. The lowest BCUT2D eigenvalue weighted by atomic mass is 9.98. The number of likely N-dealkylation sites (tertiary alicyclic amines) is 1. The zero-order chi connectivity index (χ0) is 11.5. The molecule has 0 amide bonds. The molecule has 0 aliphatic carbocycles. The molecule has 3 N–H and O–H groups in total. The van der Waals surface area contributed by atoms with Crippen LogP contribution in [0.15, 0.2) is 5.38 Å². The minimum Gasteiger partial charge on any atom is -0.481 e. The van der Waals surface area contributed by atoms with E-state index in [4.69, 9.17) is 10.8 Å². The smallest absolute Gasteiger partial charge is 0.307 e. The van der Waals surface area contributed by atoms with Crippen molar-refractivity contribution in [3.63, 3.8) is 0 Å². The summed E-state index contributed by atoms with van der Waals surface area (Å²) in [6.45, 7) is 2.27. The molecular weight excluding hydrogens is 226 g/mol. The van der Waals surface area contributed by atoms with Gasteiger partial charge in [0.2, 0.25) is 0 Å². The first-order valence-corrected chi connectivity index (χ1v) is 6.18. The fraction of sp³-hybridized carbons (Fsp3) is 0.600. The van der Waals surface area contributed by atoms with Crippen LogP contribution in [0.25, 0.3) is 0 Å². The van der Waals surface area contributed by atoms with Gasteiger partial charge >= 0.3 is 5.97 Å². The van der Waals surface area contributed by atoms with Crippen LogP contribution >= 0.6 is 11.3 Å². The van der Waals surface area contributed by atoms with E-state index in [1.165, 1.54) is 11.3 Å². The zero-order valence-electron chi connectivity index (χ0n) is 8.93. The number of carboxylic acid groups (broad SMARTS) is 1. The normalized spacial score (nSPS) is 22.1. The summed E-state index contributed by atoms with van der Waals surface area (Å²) in [5, 5.41) is 11.5. The van der Waals surface area contributed by atoms with Crippen LogP contribution in [-0.4, -0.2) is 34.0 Å². The number of carbonyl (C=O) groups is 1. The minimum atomic E-state index is -0.692. The van der Waals surface area contributed by atoms with Gasteiger partial charge in [0, 0.05) is 18.5 Å². The van der Waals surface area contributed by atoms with Crippen LogP contribution in [0.1, 0.15) is 18.5 Å². The molecule has 2 heterocycles. The standard InChI is InChI=1S/C10H15N3O2S/c11-10-12-8(6-16-10)5-13-3-1-2-7(4-13)9(14)15/h6-7H,1-5H2,(H2,11,12)(H,14,15)/t7-/m0/s1. The van der Waals surface area contributed by atoms with Gasteiger partial charge in [0.15, 0.2) is 5.13 Å². The molecular formula is C10H15N3O2S. The third-order valence-electron chi connectivity index (χ3n) is 2.81. The number of anilines is 1. The minimum absolute atomic E-state index is 0.232. The highest BCUT2D eigenvalue weighted by atomic mass is 32.1. The Morgan fingerprint density at radius 1 is 1.75 bits per heavy atom. The number of aromatic nitrogens is 1. The molecule has 0 radical (unpaired) electrons. The predicted octanol–water partition coefficient (Wildman–Crippen LogP) is 1.02. The van der Waals surface area contributed by atoms with Gasteiger partial charge < -0.3 is 10.8 Å². The Morgan fingerprint density at radius 2 is 2.56 bits per heavy atom. The molecule has 6 heteroatoms. The zero-order valence-corrected chi connectivity index (χ0v) is 9.74. The molecule has 1 aromatic heterocycles. The molecule has 0 unspecified atom stereocenters. The highest BCUT2D eigenvalue weighted by Gasteiger charge is 2.25. The Morgan fingerprint density at radius 3 is 3.19 bits per heavy atom. The highest BCUT2D eigenvalue weighted by Crippen LogP contribution is 2.20. The van der Waals surface area contributed by atoms with E-state index in [-0.39, 0.29) is 5.92 Å². The first kappa shape index (κ1) is 11.3. The van der Waals surface area contributed by atoms with E-state index in [9.17, 15) is 4.79 Å². The van der Waals surface area contributed by atoms with E-state index >= 15 is 0 Å². The third kappa shape index (κ3) is 2.70. The van der Waals surface area contributed by atoms with Gasteiger partial charge in [-0.25, -0.2) is 4.98 Å². The van der Waals surface area contributed by atoms with Crippen LogP contribution in [0.2, 0.25) is 0 Å². The number of rotatable bonds is 3. The second kappa shape index (κ2) is 4.80. The van der Waals surface area contributed by atoms with Crippen LogP contribution in [0.5, 0.6) is 0 Å². The van der Waals surface area contributed by atoms with Crippen LogP contribution in [0, 0.1) is 5.92 Å². The van der Waals surface area contributed by atoms with Crippen molar-refractivity contribution >= 4 is 22.4 Å². The van der Waals surface area contributed by atoms with Gasteiger partial charge in [0.25, 0.3) is 0 Å². The van der Waals surface area contributed by atoms with Crippen molar-refractivity contribution in [3.8, 4) is 0 Å². The van der Waals surface area contributed by atoms with Crippen molar-refractivity contribution in [1.82, 2.24) is 9.88 Å². The number of nitrogen functional groups attached to an aromatic ring is 1. The maximum atomic E-state index is 10.9. The first-order valence-electron chi connectivity index (χ1n) is 5.30. The fourth-order valence-corrected chi connectivity index (χ4v) is 2.58. The summed E-state index contributed by atoms with van der Waals surface area (Å²) in [7, 11) is 0. The van der Waals surface area contributed by atoms with Gasteiger partial charge in [-0.1, -0.05) is 0 Å². The molecule has 0 saturated carbocycles. The average molecular weight is 241 g/mol. The van der Waals surface area contributed by atoms with Gasteiger partial charge in [-0.2, -0.15) is 0 Å². The van der Waals surface area contributed by atoms with Crippen LogP contribution < -0.4 is 5.73 Å². The molecule has 1 fully saturated rings. The van der Waals surface area contributed by atoms with Crippen molar-refractivity contribution in [2.45, 2.75) is 19.4 Å². The lowest BCUT2D eigenvalue weighted by Gasteiger charge is -2.29. The molecule has 88 valence electrons. The third-order valence-corrected chi connectivity index (χ3v) is 3.53. The molecule has 16 heavy (non-hydrogen) atoms. The molecule has 1 aliphatic rings. The van der Waals surface area contributed by atoms with Crippen molar-refractivity contribution in [1.29, 1.82) is 0 Å². The van der Waals surface area contributed by atoms with E-state index in [2.05, 4.69) is 9.88 Å². The summed E-state index contributed by atoms with van der Waals surface area (Å²) in [5.41, 5.74) is 6.49. The largest absolute Gasteiger partial charge is 0.481 e. The number of thiazole rings is 1. The number of carboxylic acids is 1. The number of piperidine rings is 1. The summed E-state index contributed by atoms with van der Waals surface area (Å²) in [6.07, 6.45) is 1.72. The Hall–Kier alpha value is -1.14. The molecule has 0 bridgehead atoms. The summed E-state index contributed by atoms with van der Waals surface area (Å²) in [4.78, 5) is 17.2. The lowest BCUT2D eigenvalue weighted by molar-refractivity contribution is -0.143. The van der Waals surface area contributed by atoms with Crippen molar-refractivity contribution in [2.75, 3.05) is 18.8 Å². The molecule has 0 spiro atoms. The SMILES string of the molecule is Nc1nc(CN2CCC[C@H](C(=O)O)C2)cs1. The quantitative estimate of drug-likeness (QED) is 0.826. The van der Waals surface area contributed by atoms with Crippen LogP contribution in [-0.2, 0) is 11.3 Å². The lowest BCUT2D eigenvalue weighted by Crippen LogP contribution is -2.38. The molecule has 5 nitrogen and oxygen atoms in total. The van der Waals surface area contributed by atoms with Gasteiger partial charge in [-0.05, 0) is 19.4 Å². The summed E-state index contributed by atoms with van der Waals surface area (Å²) in [6, 6.07) is 0. The number of nitrogens with two attached hydrogens (primary N) is 1. The molecule has 1 saturated heterocycles. The van der Waals surface area contributed by atoms with E-state index in [0.29, 0.717) is 18.2 Å². The predicted molar refractivity (Wildman–Crippen MR) is 62.2 cm³/mol. The second-order valence-corrected chi connectivity index (χ2v) is 4.98. The molecule has 2 rings (SSSR count). The average Bonchev–Trinajstić information content (AvgIpc) is 2.64. The molecule has 1 atom stereocenters. The Bertz CT molecular complexity index is 380. The second-order valence-electron chi connectivity index (χ2n) is 4.09. The van der Waals surface area contributed by atoms with Gasteiger partial charge in [-0.15, -0.1) is 11.3 Å². The Balaban J connectivity index is 1.92. The number of hydrogen-bond acceptors (Lipinski definition) is 5. The number of aliphatic carboxylic acids is 1. The fourth-order valence-electron chi connectivity index (χ4n) is 2.03. The highest BCUT2D eigenvalue weighted by molar-refractivity contribution is 7.13. The monoisotopic (exact) mass is 241 g/mol. The molecule has 1 aromatic rings. The Labute approximate surface area is 97.9 Å². The number of hydrogen-bond donors (Lipinski definition) is 2. The molecule has 0 aromatic carbocycles. The van der Waals surface area contributed by atoms with E-state index in [1.807, 2.05) is 5.38 Å². The first-order chi connectivity index (χ1) is 7.65. The van der Waals surface area contributed by atoms with Crippen LogP contribution in [0.3, 0.4) is 0 Å². The van der Waals surface area contributed by atoms with Gasteiger partial charge in [0.05, 0.1) is 11.6 Å². The number of nitrogens with zero attached hydrogens (tertiary/aromatic N) is 2. The summed E-state index contributed by atoms with van der Waals surface area (Å²) >= 11 is 1.42. The summed E-state index contributed by atoms with van der Waals surface area (Å²) in [5.74, 6) is -0.924. The van der Waals surface area contributed by atoms with Crippen molar-refractivity contribution < 1.29 is 9.90 Å². The topological polar surface area (TPSA) is 79.5 Å². The van der Waals surface area contributed by atoms with E-state index in [0.717, 1.165) is 25.1 Å². The maximum absolute atomic E-state index is 10.9. The van der Waals surface area contributed by atoms with Gasteiger partial charge in [0.1, 0.15) is 0 Å². The van der Waals surface area contributed by atoms with Crippen molar-refractivity contribution in [2.24, 2.45) is 5.92 Å². The van der Waals surface area contributed by atoms with Crippen LogP contribution in [0.4, 0.5) is 5.13 Å².